The van der Waals surface area contributed by atoms with Gasteiger partial charge in [-0.2, -0.15) is 0 Å². The second kappa shape index (κ2) is 9.96. The van der Waals surface area contributed by atoms with Gasteiger partial charge in [-0.05, 0) is 37.9 Å². The van der Waals surface area contributed by atoms with Crippen molar-refractivity contribution in [1.82, 2.24) is 5.32 Å². The maximum absolute atomic E-state index is 12.1. The van der Waals surface area contributed by atoms with Gasteiger partial charge in [0.15, 0.2) is 0 Å². The minimum Gasteiger partial charge on any atom is -0.462 e. The highest BCUT2D eigenvalue weighted by molar-refractivity contribution is 7.16. The van der Waals surface area contributed by atoms with E-state index in [1.54, 1.807) is 13.0 Å². The molecule has 2 aromatic rings. The van der Waals surface area contributed by atoms with E-state index >= 15 is 0 Å². The quantitative estimate of drug-likeness (QED) is 0.532. The predicted octanol–water partition coefficient (Wildman–Crippen LogP) is 3.26. The molecule has 1 amide bonds. The first kappa shape index (κ1) is 19.1. The predicted molar refractivity (Wildman–Crippen MR) is 101 cm³/mol. The van der Waals surface area contributed by atoms with Crippen LogP contribution in [-0.2, 0) is 22.4 Å². The molecule has 1 aromatic carbocycles. The van der Waals surface area contributed by atoms with Crippen molar-refractivity contribution < 1.29 is 14.3 Å². The highest BCUT2D eigenvalue weighted by atomic mass is 32.1. The first-order valence-electron chi connectivity index (χ1n) is 8.48. The summed E-state index contributed by atoms with van der Waals surface area (Å²) in [6.45, 7) is 5.00. The first-order chi connectivity index (χ1) is 12.1. The van der Waals surface area contributed by atoms with Crippen molar-refractivity contribution in [3.05, 3.63) is 52.4 Å². The van der Waals surface area contributed by atoms with Crippen LogP contribution in [0.1, 0.15) is 34.6 Å². The molecule has 25 heavy (non-hydrogen) atoms. The average molecular weight is 360 g/mol. The van der Waals surface area contributed by atoms with Gasteiger partial charge < -0.3 is 15.4 Å². The third-order valence-electron chi connectivity index (χ3n) is 3.60. The number of nitrogens with one attached hydrogen (secondary N) is 2. The zero-order chi connectivity index (χ0) is 18.1. The van der Waals surface area contributed by atoms with Crippen molar-refractivity contribution in [2.45, 2.75) is 26.7 Å². The first-order valence-corrected chi connectivity index (χ1v) is 9.30. The molecule has 0 atom stereocenters. The number of carbonyl (C=O) groups excluding carboxylic acids is 2. The largest absolute Gasteiger partial charge is 0.462 e. The van der Waals surface area contributed by atoms with Crippen LogP contribution >= 0.6 is 11.3 Å². The molecule has 0 saturated carbocycles. The van der Waals surface area contributed by atoms with E-state index < -0.39 is 5.97 Å². The van der Waals surface area contributed by atoms with Crippen molar-refractivity contribution in [3.8, 4) is 0 Å². The molecule has 2 rings (SSSR count). The maximum Gasteiger partial charge on any atom is 0.341 e. The van der Waals surface area contributed by atoms with Gasteiger partial charge in [0.1, 0.15) is 5.00 Å². The number of ether oxygens (including phenoxy) is 1. The maximum atomic E-state index is 12.1. The Balaban J connectivity index is 1.85. The number of thiophene rings is 1. The van der Waals surface area contributed by atoms with Crippen LogP contribution in [0.3, 0.4) is 0 Å². The van der Waals surface area contributed by atoms with E-state index in [9.17, 15) is 9.59 Å². The number of rotatable bonds is 9. The fraction of sp³-hybridized carbons (Fsp3) is 0.368. The second-order valence-corrected chi connectivity index (χ2v) is 6.63. The van der Waals surface area contributed by atoms with E-state index in [4.69, 9.17) is 4.74 Å². The van der Waals surface area contributed by atoms with Gasteiger partial charge in [0, 0.05) is 4.88 Å². The lowest BCUT2D eigenvalue weighted by atomic mass is 10.1. The Labute approximate surface area is 152 Å². The third kappa shape index (κ3) is 5.99. The molecule has 134 valence electrons. The SMILES string of the molecule is CCOC(=O)c1cc(CC)sc1NC(=O)CNCCc1ccccc1. The molecule has 0 unspecified atom stereocenters. The number of esters is 1. The topological polar surface area (TPSA) is 67.4 Å². The zero-order valence-electron chi connectivity index (χ0n) is 14.6. The van der Waals surface area contributed by atoms with Crippen LogP contribution in [-0.4, -0.2) is 31.6 Å². The minimum atomic E-state index is -0.397. The molecule has 0 spiro atoms. The molecule has 0 saturated heterocycles. The Morgan fingerprint density at radius 1 is 1.16 bits per heavy atom. The molecule has 6 heteroatoms. The fourth-order valence-corrected chi connectivity index (χ4v) is 3.32. The summed E-state index contributed by atoms with van der Waals surface area (Å²) < 4.78 is 5.06. The van der Waals surface area contributed by atoms with Crippen LogP contribution in [0.4, 0.5) is 5.00 Å². The van der Waals surface area contributed by atoms with E-state index in [-0.39, 0.29) is 12.5 Å². The van der Waals surface area contributed by atoms with Gasteiger partial charge in [0.25, 0.3) is 0 Å². The Morgan fingerprint density at radius 3 is 2.60 bits per heavy atom. The molecule has 1 aromatic heterocycles. The lowest BCUT2D eigenvalue weighted by molar-refractivity contribution is -0.115. The Hall–Kier alpha value is -2.18. The number of aryl methyl sites for hydroxylation is 1. The number of carbonyl (C=O) groups is 2. The van der Waals surface area contributed by atoms with Crippen LogP contribution in [0, 0.1) is 0 Å². The standard InChI is InChI=1S/C19H24N2O3S/c1-3-15-12-16(19(23)24-4-2)18(25-15)21-17(22)13-20-11-10-14-8-6-5-7-9-14/h5-9,12,20H,3-4,10-11,13H2,1-2H3,(H,21,22). The van der Waals surface area contributed by atoms with Crippen LogP contribution in [0.2, 0.25) is 0 Å². The minimum absolute atomic E-state index is 0.164. The van der Waals surface area contributed by atoms with Crippen molar-refractivity contribution in [3.63, 3.8) is 0 Å². The van der Waals surface area contributed by atoms with Gasteiger partial charge in [-0.3, -0.25) is 4.79 Å². The Morgan fingerprint density at radius 2 is 1.92 bits per heavy atom. The molecule has 5 nitrogen and oxygen atoms in total. The highest BCUT2D eigenvalue weighted by Gasteiger charge is 2.18. The molecule has 0 aliphatic rings. The molecule has 0 radical (unpaired) electrons. The monoisotopic (exact) mass is 360 g/mol. The van der Waals surface area contributed by atoms with E-state index in [2.05, 4.69) is 22.8 Å². The van der Waals surface area contributed by atoms with Crippen molar-refractivity contribution in [2.24, 2.45) is 0 Å². The van der Waals surface area contributed by atoms with Crippen LogP contribution in [0.5, 0.6) is 0 Å². The molecular weight excluding hydrogens is 336 g/mol. The number of hydrogen-bond donors (Lipinski definition) is 2. The lowest BCUT2D eigenvalue weighted by Gasteiger charge is -2.07. The van der Waals surface area contributed by atoms with Crippen molar-refractivity contribution >= 4 is 28.2 Å². The number of anilines is 1. The van der Waals surface area contributed by atoms with Crippen LogP contribution < -0.4 is 10.6 Å². The molecule has 0 aliphatic heterocycles. The zero-order valence-corrected chi connectivity index (χ0v) is 15.4. The molecule has 0 aliphatic carbocycles. The summed E-state index contributed by atoms with van der Waals surface area (Å²) in [5.74, 6) is -0.561. The molecule has 2 N–H and O–H groups in total. The van der Waals surface area contributed by atoms with Crippen molar-refractivity contribution in [2.75, 3.05) is 25.0 Å². The van der Waals surface area contributed by atoms with Gasteiger partial charge in [-0.1, -0.05) is 37.3 Å². The van der Waals surface area contributed by atoms with E-state index in [0.717, 1.165) is 17.7 Å². The van der Waals surface area contributed by atoms with Crippen molar-refractivity contribution in [1.29, 1.82) is 0 Å². The number of hydrogen-bond acceptors (Lipinski definition) is 5. The smallest absolute Gasteiger partial charge is 0.341 e. The number of amides is 1. The fourth-order valence-electron chi connectivity index (χ4n) is 2.32. The summed E-state index contributed by atoms with van der Waals surface area (Å²) in [6, 6.07) is 11.9. The Kier molecular flexibility index (Phi) is 7.63. The lowest BCUT2D eigenvalue weighted by Crippen LogP contribution is -2.29. The second-order valence-electron chi connectivity index (χ2n) is 5.49. The molecular formula is C19H24N2O3S. The van der Waals surface area contributed by atoms with E-state index in [1.165, 1.54) is 16.9 Å². The average Bonchev–Trinajstić information content (AvgIpc) is 3.03. The van der Waals surface area contributed by atoms with Gasteiger partial charge in [0.05, 0.1) is 18.7 Å². The summed E-state index contributed by atoms with van der Waals surface area (Å²) >= 11 is 1.42. The summed E-state index contributed by atoms with van der Waals surface area (Å²) in [4.78, 5) is 25.2. The van der Waals surface area contributed by atoms with Crippen LogP contribution in [0.15, 0.2) is 36.4 Å². The normalized spacial score (nSPS) is 10.5. The van der Waals surface area contributed by atoms with Gasteiger partial charge in [-0.15, -0.1) is 11.3 Å². The van der Waals surface area contributed by atoms with E-state index in [1.807, 2.05) is 25.1 Å². The van der Waals surface area contributed by atoms with Crippen LogP contribution in [0.25, 0.3) is 0 Å². The summed E-state index contributed by atoms with van der Waals surface area (Å²) in [5, 5.41) is 6.50. The highest BCUT2D eigenvalue weighted by Crippen LogP contribution is 2.29. The Bertz CT molecular complexity index is 698. The van der Waals surface area contributed by atoms with Gasteiger partial charge in [0.2, 0.25) is 5.91 Å². The third-order valence-corrected chi connectivity index (χ3v) is 4.79. The van der Waals surface area contributed by atoms with E-state index in [0.29, 0.717) is 23.7 Å². The number of benzene rings is 1. The summed E-state index contributed by atoms with van der Waals surface area (Å²) in [7, 11) is 0. The summed E-state index contributed by atoms with van der Waals surface area (Å²) in [6.07, 6.45) is 1.67. The van der Waals surface area contributed by atoms with Gasteiger partial charge in [-0.25, -0.2) is 4.79 Å². The molecule has 0 bridgehead atoms. The summed E-state index contributed by atoms with van der Waals surface area (Å²) in [5.41, 5.74) is 1.66. The van der Waals surface area contributed by atoms with Gasteiger partial charge >= 0.3 is 5.97 Å². The molecule has 0 fully saturated rings. The molecule has 1 heterocycles.